The number of amides is 1. The number of aromatic nitrogens is 1. The molecule has 140 valence electrons. The van der Waals surface area contributed by atoms with Gasteiger partial charge in [0, 0.05) is 23.1 Å². The second-order valence-electron chi connectivity index (χ2n) is 5.75. The molecule has 1 heterocycles. The number of hydrogen-bond acceptors (Lipinski definition) is 5. The summed E-state index contributed by atoms with van der Waals surface area (Å²) in [6, 6.07) is 13.0. The Labute approximate surface area is 160 Å². The molecule has 27 heavy (non-hydrogen) atoms. The van der Waals surface area contributed by atoms with Crippen LogP contribution in [0, 0.1) is 12.7 Å². The normalized spacial score (nSPS) is 10.6. The highest BCUT2D eigenvalue weighted by Crippen LogP contribution is 2.30. The van der Waals surface area contributed by atoms with Crippen LogP contribution in [0.15, 0.2) is 48.5 Å². The van der Waals surface area contributed by atoms with E-state index in [4.69, 9.17) is 9.47 Å². The van der Waals surface area contributed by atoms with E-state index in [9.17, 15) is 9.18 Å². The molecule has 0 saturated heterocycles. The second-order valence-corrected chi connectivity index (χ2v) is 6.96. The van der Waals surface area contributed by atoms with Gasteiger partial charge in [0.2, 0.25) is 0 Å². The van der Waals surface area contributed by atoms with Crippen molar-refractivity contribution >= 4 is 22.4 Å². The fourth-order valence-electron chi connectivity index (χ4n) is 2.46. The minimum atomic E-state index is -0.298. The Bertz CT molecular complexity index is 925. The van der Waals surface area contributed by atoms with Gasteiger partial charge in [-0.05, 0) is 49.4 Å². The number of halogens is 1. The summed E-state index contributed by atoms with van der Waals surface area (Å²) < 4.78 is 23.6. The Morgan fingerprint density at radius 3 is 2.70 bits per heavy atom. The lowest BCUT2D eigenvalue weighted by atomic mass is 10.1. The van der Waals surface area contributed by atoms with E-state index in [1.54, 1.807) is 43.5 Å². The number of ether oxygens (including phenoxy) is 2. The number of nitrogens with zero attached hydrogens (tertiary/aromatic N) is 1. The van der Waals surface area contributed by atoms with E-state index in [1.807, 2.05) is 6.92 Å². The van der Waals surface area contributed by atoms with Gasteiger partial charge >= 0.3 is 0 Å². The number of hydrogen-bond donors (Lipinski definition) is 1. The summed E-state index contributed by atoms with van der Waals surface area (Å²) in [5.74, 6) is 0.0291. The first-order valence-electron chi connectivity index (χ1n) is 8.33. The zero-order valence-corrected chi connectivity index (χ0v) is 15.8. The summed E-state index contributed by atoms with van der Waals surface area (Å²) in [6.45, 7) is 2.80. The van der Waals surface area contributed by atoms with Crippen LogP contribution in [0.3, 0.4) is 0 Å². The molecule has 0 unspecified atom stereocenters. The molecule has 0 bridgehead atoms. The molecule has 0 saturated carbocycles. The van der Waals surface area contributed by atoms with Crippen molar-refractivity contribution in [1.82, 2.24) is 4.98 Å². The molecule has 3 rings (SSSR count). The molecule has 3 aromatic rings. The number of carbonyl (C=O) groups is 1. The van der Waals surface area contributed by atoms with Crippen molar-refractivity contribution in [1.29, 1.82) is 0 Å². The first kappa shape index (κ1) is 19.0. The van der Waals surface area contributed by atoms with Crippen molar-refractivity contribution in [2.45, 2.75) is 6.92 Å². The van der Waals surface area contributed by atoms with Crippen molar-refractivity contribution in [2.75, 3.05) is 25.6 Å². The number of thiazole rings is 1. The van der Waals surface area contributed by atoms with Crippen molar-refractivity contribution in [2.24, 2.45) is 0 Å². The number of aryl methyl sites for hydroxylation is 1. The first-order chi connectivity index (χ1) is 13.1. The molecule has 5 nitrogen and oxygen atoms in total. The van der Waals surface area contributed by atoms with Gasteiger partial charge in [-0.15, -0.1) is 11.3 Å². The van der Waals surface area contributed by atoms with Crippen molar-refractivity contribution in [3.8, 4) is 17.0 Å². The number of nitrogens with one attached hydrogen (secondary N) is 1. The molecular formula is C20H19FN2O3S. The van der Waals surface area contributed by atoms with E-state index in [-0.39, 0.29) is 11.7 Å². The Morgan fingerprint density at radius 2 is 1.96 bits per heavy atom. The molecule has 0 fully saturated rings. The number of methoxy groups -OCH3 is 1. The highest BCUT2D eigenvalue weighted by atomic mass is 32.1. The van der Waals surface area contributed by atoms with Gasteiger partial charge in [0.1, 0.15) is 18.2 Å². The predicted molar refractivity (Wildman–Crippen MR) is 104 cm³/mol. The lowest BCUT2D eigenvalue weighted by molar-refractivity contribution is 0.102. The van der Waals surface area contributed by atoms with E-state index in [1.165, 1.54) is 23.5 Å². The molecule has 1 N–H and O–H groups in total. The van der Waals surface area contributed by atoms with Crippen LogP contribution in [-0.2, 0) is 4.74 Å². The maximum absolute atomic E-state index is 13.1. The second kappa shape index (κ2) is 8.75. The minimum Gasteiger partial charge on any atom is -0.491 e. The maximum Gasteiger partial charge on any atom is 0.257 e. The monoisotopic (exact) mass is 386 g/mol. The third-order valence-corrected chi connectivity index (χ3v) is 4.67. The summed E-state index contributed by atoms with van der Waals surface area (Å²) >= 11 is 1.37. The van der Waals surface area contributed by atoms with E-state index in [2.05, 4.69) is 10.3 Å². The molecule has 7 heteroatoms. The molecule has 0 aliphatic heterocycles. The van der Waals surface area contributed by atoms with Gasteiger partial charge in [0.25, 0.3) is 5.91 Å². The number of benzene rings is 2. The average molecular weight is 386 g/mol. The predicted octanol–water partition coefficient (Wildman–Crippen LogP) is 4.54. The number of rotatable bonds is 7. The lowest BCUT2D eigenvalue weighted by Crippen LogP contribution is -2.12. The first-order valence-corrected chi connectivity index (χ1v) is 9.15. The smallest absolute Gasteiger partial charge is 0.257 e. The van der Waals surface area contributed by atoms with E-state index in [0.29, 0.717) is 29.7 Å². The molecule has 0 aliphatic carbocycles. The molecular weight excluding hydrogens is 367 g/mol. The summed E-state index contributed by atoms with van der Waals surface area (Å²) in [6.07, 6.45) is 0. The van der Waals surface area contributed by atoms with Gasteiger partial charge in [-0.3, -0.25) is 10.1 Å². The van der Waals surface area contributed by atoms with Crippen LogP contribution in [0.25, 0.3) is 11.3 Å². The van der Waals surface area contributed by atoms with Gasteiger partial charge in [-0.2, -0.15) is 0 Å². The topological polar surface area (TPSA) is 60.5 Å². The fourth-order valence-corrected chi connectivity index (χ4v) is 3.30. The third kappa shape index (κ3) is 4.90. The molecule has 2 aromatic carbocycles. The molecule has 1 amide bonds. The molecule has 0 atom stereocenters. The molecule has 0 aliphatic rings. The highest BCUT2D eigenvalue weighted by Gasteiger charge is 2.14. The summed E-state index contributed by atoms with van der Waals surface area (Å²) in [5.41, 5.74) is 2.01. The Morgan fingerprint density at radius 1 is 1.19 bits per heavy atom. The zero-order valence-electron chi connectivity index (χ0n) is 15.0. The van der Waals surface area contributed by atoms with Gasteiger partial charge in [0.05, 0.1) is 12.3 Å². The van der Waals surface area contributed by atoms with Crippen LogP contribution in [0.5, 0.6) is 5.75 Å². The van der Waals surface area contributed by atoms with Crippen molar-refractivity contribution in [3.63, 3.8) is 0 Å². The molecule has 0 spiro atoms. The molecule has 1 aromatic heterocycles. The van der Waals surface area contributed by atoms with Crippen LogP contribution in [0.4, 0.5) is 9.52 Å². The third-order valence-electron chi connectivity index (χ3n) is 3.79. The van der Waals surface area contributed by atoms with Crippen molar-refractivity contribution < 1.29 is 18.7 Å². The Hall–Kier alpha value is -2.77. The van der Waals surface area contributed by atoms with Crippen LogP contribution in [0.2, 0.25) is 0 Å². The number of carbonyl (C=O) groups excluding carboxylic acids is 1. The van der Waals surface area contributed by atoms with Gasteiger partial charge < -0.3 is 9.47 Å². The Kier molecular flexibility index (Phi) is 6.16. The maximum atomic E-state index is 13.1. The minimum absolute atomic E-state index is 0.272. The van der Waals surface area contributed by atoms with Gasteiger partial charge in [-0.1, -0.05) is 6.07 Å². The van der Waals surface area contributed by atoms with Crippen LogP contribution >= 0.6 is 11.3 Å². The number of anilines is 1. The lowest BCUT2D eigenvalue weighted by Gasteiger charge is -2.07. The van der Waals surface area contributed by atoms with Crippen LogP contribution in [0.1, 0.15) is 15.2 Å². The Balaban J connectivity index is 1.72. The fraction of sp³-hybridized carbons (Fsp3) is 0.200. The van der Waals surface area contributed by atoms with Gasteiger partial charge in [-0.25, -0.2) is 9.37 Å². The standard InChI is InChI=1S/C20H19FN2O3S/c1-13-18(14-6-8-16(21)9-7-14)22-20(27-13)23-19(24)15-4-3-5-17(12-15)26-11-10-25-2/h3-9,12H,10-11H2,1-2H3,(H,22,23,24). The summed E-state index contributed by atoms with van der Waals surface area (Å²) in [5, 5.41) is 3.30. The van der Waals surface area contributed by atoms with Crippen LogP contribution in [-0.4, -0.2) is 31.2 Å². The zero-order chi connectivity index (χ0) is 19.2. The SMILES string of the molecule is COCCOc1cccc(C(=O)Nc2nc(-c3ccc(F)cc3)c(C)s2)c1. The van der Waals surface area contributed by atoms with E-state index in [0.717, 1.165) is 16.1 Å². The van der Waals surface area contributed by atoms with Gasteiger partial charge in [0.15, 0.2) is 5.13 Å². The highest BCUT2D eigenvalue weighted by molar-refractivity contribution is 7.16. The average Bonchev–Trinajstić information content (AvgIpc) is 3.03. The summed E-state index contributed by atoms with van der Waals surface area (Å²) in [4.78, 5) is 17.9. The molecule has 0 radical (unpaired) electrons. The van der Waals surface area contributed by atoms with Crippen molar-refractivity contribution in [3.05, 3.63) is 64.8 Å². The largest absolute Gasteiger partial charge is 0.491 e. The summed E-state index contributed by atoms with van der Waals surface area (Å²) in [7, 11) is 1.60. The quantitative estimate of drug-likeness (QED) is 0.606. The van der Waals surface area contributed by atoms with E-state index >= 15 is 0 Å². The van der Waals surface area contributed by atoms with Crippen LogP contribution < -0.4 is 10.1 Å². The van der Waals surface area contributed by atoms with E-state index < -0.39 is 0 Å².